The van der Waals surface area contributed by atoms with E-state index in [4.69, 9.17) is 5.11 Å². The fourth-order valence-corrected chi connectivity index (χ4v) is 5.00. The van der Waals surface area contributed by atoms with Crippen LogP contribution in [0.1, 0.15) is 83.5 Å². The number of carbonyl (C=O) groups is 1. The van der Waals surface area contributed by atoms with Crippen LogP contribution in [0.15, 0.2) is 47.2 Å². The molecular formula is C27H42N2O2. The number of allylic oxidation sites excluding steroid dienone is 5. The van der Waals surface area contributed by atoms with Gasteiger partial charge >= 0.3 is 0 Å². The van der Waals surface area contributed by atoms with Crippen molar-refractivity contribution in [3.8, 4) is 0 Å². The average molecular weight is 427 g/mol. The van der Waals surface area contributed by atoms with Gasteiger partial charge in [-0.25, -0.2) is 0 Å². The molecule has 172 valence electrons. The van der Waals surface area contributed by atoms with Crippen molar-refractivity contribution in [2.24, 2.45) is 5.92 Å². The Hall–Kier alpha value is -1.65. The van der Waals surface area contributed by atoms with Gasteiger partial charge in [0.25, 0.3) is 0 Å². The second-order valence-corrected chi connectivity index (χ2v) is 9.33. The van der Waals surface area contributed by atoms with Gasteiger partial charge in [-0.1, -0.05) is 30.7 Å². The van der Waals surface area contributed by atoms with Crippen LogP contribution in [-0.2, 0) is 4.79 Å². The summed E-state index contributed by atoms with van der Waals surface area (Å²) in [6, 6.07) is 0. The summed E-state index contributed by atoms with van der Waals surface area (Å²) in [5, 5.41) is 12.0. The lowest BCUT2D eigenvalue weighted by Crippen LogP contribution is -2.35. The quantitative estimate of drug-likeness (QED) is 0.440. The number of aliphatic hydroxyl groups excluding tert-OH is 1. The number of nitrogens with zero attached hydrogens (tertiary/aromatic N) is 1. The molecule has 4 aliphatic heterocycles. The van der Waals surface area contributed by atoms with Gasteiger partial charge in [0.1, 0.15) is 0 Å². The molecule has 4 bridgehead atoms. The molecule has 0 fully saturated rings. The Labute approximate surface area is 189 Å². The minimum atomic E-state index is 0.125. The molecule has 4 aliphatic rings. The largest absolute Gasteiger partial charge is 0.396 e. The van der Waals surface area contributed by atoms with E-state index in [9.17, 15) is 4.79 Å². The van der Waals surface area contributed by atoms with E-state index in [1.165, 1.54) is 48.9 Å². The van der Waals surface area contributed by atoms with E-state index in [0.717, 1.165) is 70.9 Å². The number of fused-ring (bicyclic) bond motifs is 10. The van der Waals surface area contributed by atoms with Crippen molar-refractivity contribution in [3.05, 3.63) is 47.2 Å². The van der Waals surface area contributed by atoms with Crippen molar-refractivity contribution in [3.63, 3.8) is 0 Å². The van der Waals surface area contributed by atoms with E-state index >= 15 is 0 Å². The molecule has 2 atom stereocenters. The molecule has 0 spiro atoms. The fourth-order valence-electron chi connectivity index (χ4n) is 5.00. The molecule has 0 aliphatic carbocycles. The van der Waals surface area contributed by atoms with E-state index in [0.29, 0.717) is 0 Å². The minimum absolute atomic E-state index is 0.125. The molecule has 1 unspecified atom stereocenters. The van der Waals surface area contributed by atoms with Gasteiger partial charge in [0.05, 0.1) is 0 Å². The van der Waals surface area contributed by atoms with Gasteiger partial charge in [-0.3, -0.25) is 9.69 Å². The monoisotopic (exact) mass is 426 g/mol. The number of aliphatic hydroxyl groups is 1. The zero-order valence-electron chi connectivity index (χ0n) is 19.3. The molecule has 0 aromatic heterocycles. The Morgan fingerprint density at radius 1 is 1.06 bits per heavy atom. The summed E-state index contributed by atoms with van der Waals surface area (Å²) in [4.78, 5) is 15.1. The van der Waals surface area contributed by atoms with E-state index in [-0.39, 0.29) is 18.4 Å². The lowest BCUT2D eigenvalue weighted by Gasteiger charge is -2.33. The first-order chi connectivity index (χ1) is 15.3. The third-order valence-electron chi connectivity index (χ3n) is 6.88. The van der Waals surface area contributed by atoms with Gasteiger partial charge in [0.15, 0.2) is 0 Å². The second-order valence-electron chi connectivity index (χ2n) is 9.33. The van der Waals surface area contributed by atoms with Crippen LogP contribution in [0.25, 0.3) is 0 Å². The molecule has 4 heteroatoms. The number of hydrogen-bond acceptors (Lipinski definition) is 3. The van der Waals surface area contributed by atoms with Crippen molar-refractivity contribution in [1.82, 2.24) is 10.2 Å². The molecule has 4 rings (SSSR count). The maximum Gasteiger partial charge on any atom is 0.227 e. The van der Waals surface area contributed by atoms with Crippen LogP contribution in [0, 0.1) is 5.92 Å². The summed E-state index contributed by atoms with van der Waals surface area (Å²) in [6.07, 6.45) is 25.5. The van der Waals surface area contributed by atoms with Crippen LogP contribution < -0.4 is 5.32 Å². The van der Waals surface area contributed by atoms with Crippen LogP contribution in [0.3, 0.4) is 0 Å². The van der Waals surface area contributed by atoms with Crippen LogP contribution in [0.5, 0.6) is 0 Å². The molecular weight excluding hydrogens is 384 g/mol. The first-order valence-electron chi connectivity index (χ1n) is 12.6. The van der Waals surface area contributed by atoms with Crippen LogP contribution >= 0.6 is 0 Å². The lowest BCUT2D eigenvalue weighted by atomic mass is 9.83. The summed E-state index contributed by atoms with van der Waals surface area (Å²) in [6.45, 7) is 3.66. The molecule has 0 saturated heterocycles. The van der Waals surface area contributed by atoms with E-state index in [1.54, 1.807) is 0 Å². The van der Waals surface area contributed by atoms with Crippen molar-refractivity contribution < 1.29 is 9.90 Å². The molecule has 1 amide bonds. The minimum Gasteiger partial charge on any atom is -0.396 e. The van der Waals surface area contributed by atoms with Crippen LogP contribution in [0.2, 0.25) is 0 Å². The summed E-state index contributed by atoms with van der Waals surface area (Å²) in [5.41, 5.74) is 4.42. The maximum atomic E-state index is 12.5. The molecule has 0 saturated carbocycles. The zero-order valence-corrected chi connectivity index (χ0v) is 19.3. The number of rotatable bonds is 6. The summed E-state index contributed by atoms with van der Waals surface area (Å²) < 4.78 is 0. The highest BCUT2D eigenvalue weighted by atomic mass is 16.2. The number of hydrogen-bond donors (Lipinski definition) is 2. The fraction of sp³-hybridized carbons (Fsp3) is 0.667. The highest BCUT2D eigenvalue weighted by molar-refractivity contribution is 5.81. The number of amides is 1. The van der Waals surface area contributed by atoms with Crippen molar-refractivity contribution in [1.29, 1.82) is 0 Å². The van der Waals surface area contributed by atoms with E-state index in [2.05, 4.69) is 34.5 Å². The summed E-state index contributed by atoms with van der Waals surface area (Å²) >= 11 is 0. The maximum absolute atomic E-state index is 12.5. The summed E-state index contributed by atoms with van der Waals surface area (Å²) in [5.74, 6) is 0.334. The van der Waals surface area contributed by atoms with Crippen molar-refractivity contribution in [2.75, 3.05) is 26.2 Å². The summed E-state index contributed by atoms with van der Waals surface area (Å²) in [7, 11) is 0. The van der Waals surface area contributed by atoms with E-state index < -0.39 is 0 Å². The van der Waals surface area contributed by atoms with Crippen LogP contribution in [-0.4, -0.2) is 42.2 Å². The van der Waals surface area contributed by atoms with Gasteiger partial charge in [-0.2, -0.15) is 0 Å². The second kappa shape index (κ2) is 13.7. The first kappa shape index (κ1) is 24.0. The van der Waals surface area contributed by atoms with Gasteiger partial charge in [-0.05, 0) is 100 Å². The highest BCUT2D eigenvalue weighted by Crippen LogP contribution is 2.33. The van der Waals surface area contributed by atoms with Crippen molar-refractivity contribution >= 4 is 5.91 Å². The lowest BCUT2D eigenvalue weighted by molar-refractivity contribution is -0.124. The Bertz CT molecular complexity index is 689. The predicted octanol–water partition coefficient (Wildman–Crippen LogP) is 5.42. The molecule has 31 heavy (non-hydrogen) atoms. The van der Waals surface area contributed by atoms with Gasteiger partial charge in [0.2, 0.25) is 5.91 Å². The Morgan fingerprint density at radius 2 is 1.90 bits per heavy atom. The smallest absolute Gasteiger partial charge is 0.227 e. The standard InChI is InChI=1S/C27H42N2O2/c30-19-13-9-5-7-11-15-24-22-29-17-12-8-4-2-1-3-6-10-14-23-20-25(21-28-27(23)31)26(24)16-18-29/h1-2,7,11,21,23,30H,3-6,8-10,12-20,22H2,(H,28,31)/b2-1-,11-7+/t23-/m1/s1. The number of unbranched alkanes of at least 4 members (excludes halogenated alkanes) is 2. The molecule has 4 heterocycles. The molecule has 0 aromatic rings. The van der Waals surface area contributed by atoms with Gasteiger partial charge in [-0.15, -0.1) is 0 Å². The molecule has 0 radical (unpaired) electrons. The normalized spacial score (nSPS) is 27.1. The first-order valence-corrected chi connectivity index (χ1v) is 12.6. The number of nitrogens with one attached hydrogen (secondary N) is 1. The van der Waals surface area contributed by atoms with Gasteiger partial charge < -0.3 is 10.4 Å². The molecule has 2 N–H and O–H groups in total. The third-order valence-corrected chi connectivity index (χ3v) is 6.88. The number of carbonyl (C=O) groups excluding carboxylic acids is 1. The zero-order chi connectivity index (χ0) is 21.7. The third kappa shape index (κ3) is 8.08. The Balaban J connectivity index is 1.73. The van der Waals surface area contributed by atoms with E-state index in [1.807, 2.05) is 6.20 Å². The highest BCUT2D eigenvalue weighted by Gasteiger charge is 2.27. The Kier molecular flexibility index (Phi) is 10.6. The molecule has 4 nitrogen and oxygen atoms in total. The molecule has 0 aromatic carbocycles. The topological polar surface area (TPSA) is 52.6 Å². The Morgan fingerprint density at radius 3 is 2.74 bits per heavy atom. The predicted molar refractivity (Wildman–Crippen MR) is 129 cm³/mol. The average Bonchev–Trinajstić information content (AvgIpc) is 2.78. The van der Waals surface area contributed by atoms with Crippen LogP contribution in [0.4, 0.5) is 0 Å². The van der Waals surface area contributed by atoms with Crippen molar-refractivity contribution in [2.45, 2.75) is 83.5 Å². The SMILES string of the molecule is O=C1NC=C2C[C@H]1CCCC/C=C\CCCCN1CCC2=C(C/C=C/CCCCO)C1. The van der Waals surface area contributed by atoms with Gasteiger partial charge in [0, 0.05) is 31.8 Å².